The van der Waals surface area contributed by atoms with Crippen LogP contribution in [0.1, 0.15) is 24.0 Å². The Labute approximate surface area is 155 Å². The molecule has 0 radical (unpaired) electrons. The Hall–Kier alpha value is -1.92. The van der Waals surface area contributed by atoms with Crippen molar-refractivity contribution in [2.75, 3.05) is 51.3 Å². The van der Waals surface area contributed by atoms with Gasteiger partial charge in [-0.1, -0.05) is 6.07 Å². The maximum atomic E-state index is 12.6. The van der Waals surface area contributed by atoms with Crippen LogP contribution in [0.5, 0.6) is 0 Å². The molecule has 6 nitrogen and oxygen atoms in total. The average Bonchev–Trinajstić information content (AvgIpc) is 2.65. The van der Waals surface area contributed by atoms with E-state index >= 15 is 0 Å². The van der Waals surface area contributed by atoms with E-state index in [1.807, 2.05) is 30.0 Å². The molecule has 2 fully saturated rings. The van der Waals surface area contributed by atoms with Gasteiger partial charge in [0.25, 0.3) is 0 Å². The van der Waals surface area contributed by atoms with E-state index < -0.39 is 0 Å². The minimum atomic E-state index is 0.00575. The Morgan fingerprint density at radius 3 is 2.42 bits per heavy atom. The molecule has 1 aromatic carbocycles. The number of hydrogen-bond donors (Lipinski definition) is 1. The molecule has 3 rings (SSSR count). The molecule has 26 heavy (non-hydrogen) atoms. The number of rotatable bonds is 4. The first kappa shape index (κ1) is 18.9. The Morgan fingerprint density at radius 1 is 1.08 bits per heavy atom. The highest BCUT2D eigenvalue weighted by Gasteiger charge is 2.29. The van der Waals surface area contributed by atoms with Crippen LogP contribution in [0.2, 0.25) is 0 Å². The summed E-state index contributed by atoms with van der Waals surface area (Å²) in [6.07, 6.45) is 1.65. The molecule has 2 amide bonds. The van der Waals surface area contributed by atoms with Gasteiger partial charge < -0.3 is 15.0 Å². The van der Waals surface area contributed by atoms with Crippen LogP contribution in [0.3, 0.4) is 0 Å². The number of likely N-dealkylation sites (tertiary alicyclic amines) is 1. The van der Waals surface area contributed by atoms with E-state index in [9.17, 15) is 9.59 Å². The number of carbonyl (C=O) groups is 2. The van der Waals surface area contributed by atoms with Crippen molar-refractivity contribution in [2.45, 2.75) is 26.7 Å². The van der Waals surface area contributed by atoms with Crippen LogP contribution < -0.4 is 5.32 Å². The van der Waals surface area contributed by atoms with E-state index in [-0.39, 0.29) is 17.7 Å². The van der Waals surface area contributed by atoms with E-state index in [0.29, 0.717) is 32.8 Å². The van der Waals surface area contributed by atoms with Crippen LogP contribution in [-0.2, 0) is 14.3 Å². The smallest absolute Gasteiger partial charge is 0.238 e. The van der Waals surface area contributed by atoms with E-state index in [0.717, 1.165) is 31.6 Å². The molecule has 6 heteroatoms. The second-order valence-electron chi connectivity index (χ2n) is 7.34. The molecule has 0 aliphatic carbocycles. The van der Waals surface area contributed by atoms with Gasteiger partial charge in [0.05, 0.1) is 19.8 Å². The second kappa shape index (κ2) is 8.64. The van der Waals surface area contributed by atoms with Crippen molar-refractivity contribution in [3.05, 3.63) is 29.3 Å². The zero-order valence-electron chi connectivity index (χ0n) is 15.8. The molecule has 2 heterocycles. The molecule has 0 unspecified atom stereocenters. The summed E-state index contributed by atoms with van der Waals surface area (Å²) in [5.41, 5.74) is 3.23. The molecular weight excluding hydrogens is 330 g/mol. The van der Waals surface area contributed by atoms with Crippen molar-refractivity contribution < 1.29 is 14.3 Å². The van der Waals surface area contributed by atoms with E-state index in [4.69, 9.17) is 4.74 Å². The fourth-order valence-corrected chi connectivity index (χ4v) is 3.60. The van der Waals surface area contributed by atoms with Gasteiger partial charge in [0.2, 0.25) is 11.8 Å². The monoisotopic (exact) mass is 359 g/mol. The van der Waals surface area contributed by atoms with Gasteiger partial charge in [-0.05, 0) is 63.0 Å². The number of aryl methyl sites for hydroxylation is 2. The molecule has 0 spiro atoms. The number of piperidine rings is 1. The van der Waals surface area contributed by atoms with Gasteiger partial charge in [-0.15, -0.1) is 0 Å². The van der Waals surface area contributed by atoms with Crippen molar-refractivity contribution >= 4 is 17.5 Å². The predicted molar refractivity (Wildman–Crippen MR) is 101 cm³/mol. The average molecular weight is 359 g/mol. The summed E-state index contributed by atoms with van der Waals surface area (Å²) in [6, 6.07) is 5.96. The predicted octanol–water partition coefficient (Wildman–Crippen LogP) is 1.81. The number of carbonyl (C=O) groups excluding carboxylic acids is 2. The maximum absolute atomic E-state index is 12.6. The van der Waals surface area contributed by atoms with E-state index in [2.05, 4.69) is 17.1 Å². The summed E-state index contributed by atoms with van der Waals surface area (Å²) >= 11 is 0. The first-order chi connectivity index (χ1) is 12.5. The quantitative estimate of drug-likeness (QED) is 0.891. The van der Waals surface area contributed by atoms with Crippen LogP contribution in [-0.4, -0.2) is 67.6 Å². The number of benzene rings is 1. The normalized spacial score (nSPS) is 19.4. The van der Waals surface area contributed by atoms with Gasteiger partial charge in [0.15, 0.2) is 0 Å². The largest absolute Gasteiger partial charge is 0.378 e. The second-order valence-corrected chi connectivity index (χ2v) is 7.34. The van der Waals surface area contributed by atoms with Crippen LogP contribution in [0.4, 0.5) is 5.69 Å². The fourth-order valence-electron chi connectivity index (χ4n) is 3.60. The molecule has 0 saturated carbocycles. The third kappa shape index (κ3) is 4.83. The van der Waals surface area contributed by atoms with E-state index in [1.54, 1.807) is 0 Å². The summed E-state index contributed by atoms with van der Waals surface area (Å²) in [6.45, 7) is 8.76. The Balaban J connectivity index is 1.43. The molecule has 142 valence electrons. The number of hydrogen-bond acceptors (Lipinski definition) is 4. The lowest BCUT2D eigenvalue weighted by Gasteiger charge is -2.35. The standard InChI is InChI=1S/C20H29N3O3/c1-15-3-4-18(13-16(15)2)21-19(24)14-22-7-5-17(6-8-22)20(25)23-9-11-26-12-10-23/h3-4,13,17H,5-12,14H2,1-2H3,(H,21,24). The summed E-state index contributed by atoms with van der Waals surface area (Å²) < 4.78 is 5.31. The topological polar surface area (TPSA) is 61.9 Å². The Bertz CT molecular complexity index is 648. The number of anilines is 1. The minimum Gasteiger partial charge on any atom is -0.378 e. The fraction of sp³-hybridized carbons (Fsp3) is 0.600. The van der Waals surface area contributed by atoms with Gasteiger partial charge in [0, 0.05) is 24.7 Å². The van der Waals surface area contributed by atoms with Gasteiger partial charge in [-0.3, -0.25) is 14.5 Å². The lowest BCUT2D eigenvalue weighted by molar-refractivity contribution is -0.141. The van der Waals surface area contributed by atoms with Crippen molar-refractivity contribution in [1.29, 1.82) is 0 Å². The van der Waals surface area contributed by atoms with Crippen LogP contribution in [0, 0.1) is 19.8 Å². The molecule has 2 aliphatic heterocycles. The minimum absolute atomic E-state index is 0.00575. The maximum Gasteiger partial charge on any atom is 0.238 e. The number of amides is 2. The SMILES string of the molecule is Cc1ccc(NC(=O)CN2CCC(C(=O)N3CCOCC3)CC2)cc1C. The first-order valence-corrected chi connectivity index (χ1v) is 9.49. The zero-order valence-corrected chi connectivity index (χ0v) is 15.8. The molecule has 1 N–H and O–H groups in total. The van der Waals surface area contributed by atoms with E-state index in [1.165, 1.54) is 11.1 Å². The van der Waals surface area contributed by atoms with Gasteiger partial charge >= 0.3 is 0 Å². The summed E-state index contributed by atoms with van der Waals surface area (Å²) in [5, 5.41) is 2.97. The van der Waals surface area contributed by atoms with Crippen LogP contribution >= 0.6 is 0 Å². The van der Waals surface area contributed by atoms with Gasteiger partial charge in [-0.25, -0.2) is 0 Å². The molecule has 2 saturated heterocycles. The van der Waals surface area contributed by atoms with Crippen LogP contribution in [0.15, 0.2) is 18.2 Å². The van der Waals surface area contributed by atoms with Crippen molar-refractivity contribution in [1.82, 2.24) is 9.80 Å². The summed E-state index contributed by atoms with van der Waals surface area (Å²) in [7, 11) is 0. The Morgan fingerprint density at radius 2 is 1.77 bits per heavy atom. The van der Waals surface area contributed by atoms with Crippen molar-refractivity contribution in [3.8, 4) is 0 Å². The lowest BCUT2D eigenvalue weighted by atomic mass is 9.95. The van der Waals surface area contributed by atoms with Gasteiger partial charge in [0.1, 0.15) is 0 Å². The van der Waals surface area contributed by atoms with Gasteiger partial charge in [-0.2, -0.15) is 0 Å². The number of ether oxygens (including phenoxy) is 1. The number of nitrogens with one attached hydrogen (secondary N) is 1. The molecular formula is C20H29N3O3. The molecule has 0 aromatic heterocycles. The number of nitrogens with zero attached hydrogens (tertiary/aromatic N) is 2. The molecule has 2 aliphatic rings. The third-order valence-corrected chi connectivity index (χ3v) is 5.42. The van der Waals surface area contributed by atoms with Crippen LogP contribution in [0.25, 0.3) is 0 Å². The molecule has 0 bridgehead atoms. The third-order valence-electron chi connectivity index (χ3n) is 5.42. The molecule has 1 aromatic rings. The first-order valence-electron chi connectivity index (χ1n) is 9.49. The highest BCUT2D eigenvalue weighted by atomic mass is 16.5. The highest BCUT2D eigenvalue weighted by Crippen LogP contribution is 2.20. The summed E-state index contributed by atoms with van der Waals surface area (Å²) in [5.74, 6) is 0.353. The Kier molecular flexibility index (Phi) is 6.27. The number of morpholine rings is 1. The van der Waals surface area contributed by atoms with Crippen molar-refractivity contribution in [2.24, 2.45) is 5.92 Å². The zero-order chi connectivity index (χ0) is 18.5. The summed E-state index contributed by atoms with van der Waals surface area (Å²) in [4.78, 5) is 28.9. The highest BCUT2D eigenvalue weighted by molar-refractivity contribution is 5.92. The lowest BCUT2D eigenvalue weighted by Crippen LogP contribution is -2.47. The molecule has 0 atom stereocenters. The van der Waals surface area contributed by atoms with Crippen molar-refractivity contribution in [3.63, 3.8) is 0 Å².